The highest BCUT2D eigenvalue weighted by Gasteiger charge is 2.18. The molecule has 1 fully saturated rings. The molecular formula is C11H16BrN3. The normalized spacial score (nSPS) is 18.0. The van der Waals surface area contributed by atoms with Crippen molar-refractivity contribution < 1.29 is 0 Å². The fourth-order valence-electron chi connectivity index (χ4n) is 2.13. The second-order valence-corrected chi connectivity index (χ2v) is 4.89. The molecule has 4 heteroatoms. The summed E-state index contributed by atoms with van der Waals surface area (Å²) in [7, 11) is 0. The maximum absolute atomic E-state index is 5.61. The van der Waals surface area contributed by atoms with Gasteiger partial charge in [0.1, 0.15) is 10.4 Å². The zero-order chi connectivity index (χ0) is 10.7. The Bertz CT molecular complexity index is 335. The molecule has 0 aromatic carbocycles. The fraction of sp³-hybridized carbons (Fsp3) is 0.636. The van der Waals surface area contributed by atoms with Crippen LogP contribution in [0.2, 0.25) is 0 Å². The molecule has 0 atom stereocenters. The van der Waals surface area contributed by atoms with Gasteiger partial charge in [-0.1, -0.05) is 19.3 Å². The second-order valence-electron chi connectivity index (χ2n) is 4.08. The number of halogens is 1. The van der Waals surface area contributed by atoms with Crippen LogP contribution >= 0.6 is 15.9 Å². The van der Waals surface area contributed by atoms with Crippen LogP contribution in [0.25, 0.3) is 0 Å². The second kappa shape index (κ2) is 5.03. The first kappa shape index (κ1) is 11.0. The van der Waals surface area contributed by atoms with Gasteiger partial charge in [0, 0.05) is 12.5 Å². The van der Waals surface area contributed by atoms with Crippen LogP contribution in [0.5, 0.6) is 0 Å². The molecule has 1 aromatic rings. The van der Waals surface area contributed by atoms with Gasteiger partial charge in [-0.2, -0.15) is 0 Å². The molecule has 0 spiro atoms. The molecule has 2 N–H and O–H groups in total. The lowest BCUT2D eigenvalue weighted by Gasteiger charge is -2.20. The monoisotopic (exact) mass is 269 g/mol. The van der Waals surface area contributed by atoms with Crippen LogP contribution in [-0.4, -0.2) is 9.97 Å². The van der Waals surface area contributed by atoms with Crippen LogP contribution in [0, 0.1) is 0 Å². The average molecular weight is 270 g/mol. The molecule has 1 heterocycles. The van der Waals surface area contributed by atoms with Crippen LogP contribution in [0.3, 0.4) is 0 Å². The Hall–Kier alpha value is -0.480. The first-order valence-electron chi connectivity index (χ1n) is 5.53. The third-order valence-corrected chi connectivity index (χ3v) is 3.35. The van der Waals surface area contributed by atoms with Crippen molar-refractivity contribution in [2.75, 3.05) is 0 Å². The first-order chi connectivity index (χ1) is 7.29. The van der Waals surface area contributed by atoms with E-state index in [-0.39, 0.29) is 0 Å². The van der Waals surface area contributed by atoms with Crippen LogP contribution in [0.15, 0.2) is 10.7 Å². The van der Waals surface area contributed by atoms with Crippen molar-refractivity contribution in [3.05, 3.63) is 22.2 Å². The van der Waals surface area contributed by atoms with Crippen molar-refractivity contribution in [2.45, 2.75) is 44.6 Å². The summed E-state index contributed by atoms with van der Waals surface area (Å²) in [5, 5.41) is 0. The summed E-state index contributed by atoms with van der Waals surface area (Å²) in [5.41, 5.74) is 6.53. The largest absolute Gasteiger partial charge is 0.325 e. The minimum absolute atomic E-state index is 0.487. The summed E-state index contributed by atoms with van der Waals surface area (Å²) >= 11 is 3.41. The van der Waals surface area contributed by atoms with Crippen molar-refractivity contribution in [2.24, 2.45) is 5.73 Å². The molecule has 2 rings (SSSR count). The molecule has 1 aliphatic rings. The third kappa shape index (κ3) is 2.75. The molecule has 1 saturated carbocycles. The van der Waals surface area contributed by atoms with Gasteiger partial charge in [-0.25, -0.2) is 9.97 Å². The molecule has 1 aromatic heterocycles. The van der Waals surface area contributed by atoms with E-state index < -0.39 is 0 Å². The summed E-state index contributed by atoms with van der Waals surface area (Å²) in [6.07, 6.45) is 6.41. The molecule has 0 amide bonds. The standard InChI is InChI=1S/C11H16BrN3/c12-10-6-9(7-13)14-11(15-10)8-4-2-1-3-5-8/h6,8H,1-5,7,13H2. The SMILES string of the molecule is NCc1cc(Br)nc(C2CCCCC2)n1. The van der Waals surface area contributed by atoms with Crippen LogP contribution in [-0.2, 0) is 6.54 Å². The minimum atomic E-state index is 0.487. The van der Waals surface area contributed by atoms with Crippen molar-refractivity contribution in [1.82, 2.24) is 9.97 Å². The zero-order valence-corrected chi connectivity index (χ0v) is 10.3. The predicted molar refractivity (Wildman–Crippen MR) is 63.4 cm³/mol. The lowest BCUT2D eigenvalue weighted by Crippen LogP contribution is -2.11. The van der Waals surface area contributed by atoms with Gasteiger partial charge in [0.05, 0.1) is 5.69 Å². The lowest BCUT2D eigenvalue weighted by atomic mass is 9.88. The fourth-order valence-corrected chi connectivity index (χ4v) is 2.58. The topological polar surface area (TPSA) is 51.8 Å². The summed E-state index contributed by atoms with van der Waals surface area (Å²) in [6, 6.07) is 1.90. The number of rotatable bonds is 2. The van der Waals surface area contributed by atoms with Crippen LogP contribution in [0.1, 0.15) is 49.5 Å². The van der Waals surface area contributed by atoms with Gasteiger partial charge in [-0.05, 0) is 34.8 Å². The van der Waals surface area contributed by atoms with Gasteiger partial charge < -0.3 is 5.73 Å². The highest BCUT2D eigenvalue weighted by atomic mass is 79.9. The summed E-state index contributed by atoms with van der Waals surface area (Å²) < 4.78 is 0.860. The van der Waals surface area contributed by atoms with Crippen molar-refractivity contribution >= 4 is 15.9 Å². The smallest absolute Gasteiger partial charge is 0.133 e. The van der Waals surface area contributed by atoms with Gasteiger partial charge >= 0.3 is 0 Å². The molecule has 0 radical (unpaired) electrons. The molecule has 1 aliphatic carbocycles. The van der Waals surface area contributed by atoms with Gasteiger partial charge in [-0.15, -0.1) is 0 Å². The molecule has 82 valence electrons. The quantitative estimate of drug-likeness (QED) is 0.841. The molecule has 0 saturated heterocycles. The Morgan fingerprint density at radius 3 is 2.67 bits per heavy atom. The van der Waals surface area contributed by atoms with E-state index in [9.17, 15) is 0 Å². The maximum atomic E-state index is 5.61. The number of hydrogen-bond donors (Lipinski definition) is 1. The Kier molecular flexibility index (Phi) is 3.70. The van der Waals surface area contributed by atoms with E-state index >= 15 is 0 Å². The van der Waals surface area contributed by atoms with Crippen molar-refractivity contribution in [3.63, 3.8) is 0 Å². The maximum Gasteiger partial charge on any atom is 0.133 e. The Labute approximate surface area is 98.6 Å². The number of nitrogens with zero attached hydrogens (tertiary/aromatic N) is 2. The van der Waals surface area contributed by atoms with E-state index in [1.165, 1.54) is 32.1 Å². The Morgan fingerprint density at radius 1 is 1.27 bits per heavy atom. The van der Waals surface area contributed by atoms with Crippen LogP contribution in [0.4, 0.5) is 0 Å². The lowest BCUT2D eigenvalue weighted by molar-refractivity contribution is 0.427. The predicted octanol–water partition coefficient (Wildman–Crippen LogP) is 2.75. The van der Waals surface area contributed by atoms with E-state index in [4.69, 9.17) is 5.73 Å². The molecular weight excluding hydrogens is 254 g/mol. The van der Waals surface area contributed by atoms with Gasteiger partial charge in [0.15, 0.2) is 0 Å². The highest BCUT2D eigenvalue weighted by molar-refractivity contribution is 9.10. The number of aromatic nitrogens is 2. The molecule has 0 bridgehead atoms. The van der Waals surface area contributed by atoms with Gasteiger partial charge in [0.2, 0.25) is 0 Å². The first-order valence-corrected chi connectivity index (χ1v) is 6.32. The van der Waals surface area contributed by atoms with E-state index in [2.05, 4.69) is 25.9 Å². The van der Waals surface area contributed by atoms with Crippen LogP contribution < -0.4 is 5.73 Å². The molecule has 15 heavy (non-hydrogen) atoms. The highest BCUT2D eigenvalue weighted by Crippen LogP contribution is 2.31. The van der Waals surface area contributed by atoms with Crippen molar-refractivity contribution in [1.29, 1.82) is 0 Å². The van der Waals surface area contributed by atoms with E-state index in [0.717, 1.165) is 16.1 Å². The van der Waals surface area contributed by atoms with E-state index in [0.29, 0.717) is 12.5 Å². The molecule has 0 unspecified atom stereocenters. The van der Waals surface area contributed by atoms with Gasteiger partial charge in [-0.3, -0.25) is 0 Å². The molecule has 3 nitrogen and oxygen atoms in total. The molecule has 0 aliphatic heterocycles. The third-order valence-electron chi connectivity index (χ3n) is 2.94. The summed E-state index contributed by atoms with van der Waals surface area (Å²) in [5.74, 6) is 1.52. The number of hydrogen-bond acceptors (Lipinski definition) is 3. The van der Waals surface area contributed by atoms with E-state index in [1.54, 1.807) is 0 Å². The summed E-state index contributed by atoms with van der Waals surface area (Å²) in [6.45, 7) is 0.487. The average Bonchev–Trinajstić information content (AvgIpc) is 2.29. The van der Waals surface area contributed by atoms with Gasteiger partial charge in [0.25, 0.3) is 0 Å². The van der Waals surface area contributed by atoms with E-state index in [1.807, 2.05) is 6.07 Å². The Balaban J connectivity index is 2.22. The summed E-state index contributed by atoms with van der Waals surface area (Å²) in [4.78, 5) is 8.97. The zero-order valence-electron chi connectivity index (χ0n) is 8.75. The minimum Gasteiger partial charge on any atom is -0.325 e. The van der Waals surface area contributed by atoms with Crippen molar-refractivity contribution in [3.8, 4) is 0 Å². The Morgan fingerprint density at radius 2 is 2.00 bits per heavy atom. The number of nitrogens with two attached hydrogens (primary N) is 1.